The molecular weight excluding hydrogens is 448 g/mol. The molecule has 0 aliphatic carbocycles. The van der Waals surface area contributed by atoms with Gasteiger partial charge in [-0.15, -0.1) is 0 Å². The monoisotopic (exact) mass is 476 g/mol. The number of fused-ring (bicyclic) bond motifs is 1. The third-order valence-electron chi connectivity index (χ3n) is 5.27. The Kier molecular flexibility index (Phi) is 7.80. The fourth-order valence-corrected chi connectivity index (χ4v) is 5.32. The first-order valence-corrected chi connectivity index (χ1v) is 12.4. The van der Waals surface area contributed by atoms with E-state index in [1.807, 2.05) is 19.9 Å². The summed E-state index contributed by atoms with van der Waals surface area (Å²) in [6, 6.07) is 11.6. The van der Waals surface area contributed by atoms with Crippen LogP contribution in [0.25, 0.3) is 0 Å². The van der Waals surface area contributed by atoms with Crippen LogP contribution in [-0.4, -0.2) is 44.1 Å². The molecule has 3 N–H and O–H groups in total. The smallest absolute Gasteiger partial charge is 0.315 e. The molecule has 1 heterocycles. The lowest BCUT2D eigenvalue weighted by atomic mass is 10.0. The molecule has 33 heavy (non-hydrogen) atoms. The van der Waals surface area contributed by atoms with Gasteiger partial charge in [0.25, 0.3) is 0 Å². The molecule has 178 valence electrons. The number of nitrogens with one attached hydrogen (secondary N) is 2. The summed E-state index contributed by atoms with van der Waals surface area (Å²) in [5.74, 6) is -0.605. The molecule has 2 atom stereocenters. The van der Waals surface area contributed by atoms with Crippen LogP contribution in [0.5, 0.6) is 11.5 Å². The van der Waals surface area contributed by atoms with Crippen molar-refractivity contribution in [3.8, 4) is 11.5 Å². The topological polar surface area (TPSA) is 131 Å². The lowest BCUT2D eigenvalue weighted by Gasteiger charge is -2.25. The van der Waals surface area contributed by atoms with Crippen LogP contribution in [0.15, 0.2) is 48.5 Å². The van der Waals surface area contributed by atoms with E-state index in [9.17, 15) is 23.1 Å². The van der Waals surface area contributed by atoms with Crippen molar-refractivity contribution < 1.29 is 32.6 Å². The largest absolute Gasteiger partial charge is 0.481 e. The van der Waals surface area contributed by atoms with Crippen LogP contribution in [0.4, 0.5) is 4.79 Å². The molecule has 1 unspecified atom stereocenters. The second-order valence-corrected chi connectivity index (χ2v) is 10.4. The number of rotatable bonds is 10. The second kappa shape index (κ2) is 10.6. The van der Waals surface area contributed by atoms with Gasteiger partial charge < -0.3 is 25.2 Å². The first-order chi connectivity index (χ1) is 15.6. The molecule has 1 aliphatic rings. The van der Waals surface area contributed by atoms with E-state index in [1.165, 1.54) is 0 Å². The van der Waals surface area contributed by atoms with Gasteiger partial charge in [-0.2, -0.15) is 0 Å². The number of carboxylic acid groups (broad SMARTS) is 1. The van der Waals surface area contributed by atoms with Crippen molar-refractivity contribution in [2.45, 2.75) is 38.1 Å². The Morgan fingerprint density at radius 3 is 2.39 bits per heavy atom. The molecule has 0 radical (unpaired) electrons. The number of carbonyl (C=O) groups is 2. The van der Waals surface area contributed by atoms with Gasteiger partial charge in [-0.3, -0.25) is 4.79 Å². The summed E-state index contributed by atoms with van der Waals surface area (Å²) in [5, 5.41) is 14.7. The molecule has 2 amide bonds. The predicted molar refractivity (Wildman–Crippen MR) is 122 cm³/mol. The number of amides is 2. The van der Waals surface area contributed by atoms with Gasteiger partial charge in [0.15, 0.2) is 21.3 Å². The van der Waals surface area contributed by atoms with Crippen LogP contribution >= 0.6 is 0 Å². The minimum Gasteiger partial charge on any atom is -0.481 e. The van der Waals surface area contributed by atoms with Crippen molar-refractivity contribution in [2.24, 2.45) is 5.92 Å². The SMILES string of the molecule is CC(C)[C@@H](CS(=O)(=O)Cc1ccccc1)NC(=O)NC(CC(=O)O)c1ccc2c(c1)OCO2. The third kappa shape index (κ3) is 7.11. The number of sulfone groups is 1. The minimum absolute atomic E-state index is 0.0732. The molecule has 3 rings (SSSR count). The fraction of sp³-hybridized carbons (Fsp3) is 0.391. The van der Waals surface area contributed by atoms with Gasteiger partial charge in [-0.05, 0) is 29.2 Å². The highest BCUT2D eigenvalue weighted by atomic mass is 32.2. The Morgan fingerprint density at radius 2 is 1.73 bits per heavy atom. The summed E-state index contributed by atoms with van der Waals surface area (Å²) < 4.78 is 36.0. The maximum Gasteiger partial charge on any atom is 0.315 e. The van der Waals surface area contributed by atoms with Gasteiger partial charge in [-0.25, -0.2) is 13.2 Å². The number of carbonyl (C=O) groups excluding carboxylic acids is 1. The van der Waals surface area contributed by atoms with E-state index in [1.54, 1.807) is 42.5 Å². The lowest BCUT2D eigenvalue weighted by Crippen LogP contribution is -2.48. The lowest BCUT2D eigenvalue weighted by molar-refractivity contribution is -0.137. The molecule has 0 spiro atoms. The molecule has 0 saturated carbocycles. The quantitative estimate of drug-likeness (QED) is 0.480. The molecule has 9 nitrogen and oxygen atoms in total. The molecule has 2 aromatic carbocycles. The summed E-state index contributed by atoms with van der Waals surface area (Å²) >= 11 is 0. The van der Waals surface area contributed by atoms with Gasteiger partial charge in [0, 0.05) is 6.04 Å². The first kappa shape index (κ1) is 24.4. The van der Waals surface area contributed by atoms with Crippen LogP contribution in [0, 0.1) is 5.92 Å². The van der Waals surface area contributed by atoms with Crippen LogP contribution in [-0.2, 0) is 20.4 Å². The predicted octanol–water partition coefficient (Wildman–Crippen LogP) is 2.87. The first-order valence-electron chi connectivity index (χ1n) is 10.6. The number of ether oxygens (including phenoxy) is 2. The average Bonchev–Trinajstić information content (AvgIpc) is 3.20. The van der Waals surface area contributed by atoms with E-state index in [4.69, 9.17) is 9.47 Å². The van der Waals surface area contributed by atoms with Crippen molar-refractivity contribution in [3.63, 3.8) is 0 Å². The van der Waals surface area contributed by atoms with Gasteiger partial charge in [0.2, 0.25) is 6.79 Å². The van der Waals surface area contributed by atoms with E-state index in [0.29, 0.717) is 22.6 Å². The summed E-state index contributed by atoms with van der Waals surface area (Å²) in [6.07, 6.45) is -0.355. The molecule has 0 saturated heterocycles. The Balaban J connectivity index is 1.68. The zero-order valence-electron chi connectivity index (χ0n) is 18.5. The number of aliphatic carboxylic acids is 1. The van der Waals surface area contributed by atoms with Crippen molar-refractivity contribution in [1.29, 1.82) is 0 Å². The zero-order valence-corrected chi connectivity index (χ0v) is 19.3. The molecular formula is C23H28N2O7S. The van der Waals surface area contributed by atoms with Gasteiger partial charge in [-0.1, -0.05) is 50.2 Å². The molecule has 0 fully saturated rings. The third-order valence-corrected chi connectivity index (χ3v) is 6.91. The minimum atomic E-state index is -3.50. The van der Waals surface area contributed by atoms with E-state index in [0.717, 1.165) is 0 Å². The summed E-state index contributed by atoms with van der Waals surface area (Å²) in [7, 11) is -3.50. The fourth-order valence-electron chi connectivity index (χ4n) is 3.49. The number of carboxylic acids is 1. The van der Waals surface area contributed by atoms with Crippen LogP contribution in [0.1, 0.15) is 37.4 Å². The average molecular weight is 477 g/mol. The van der Waals surface area contributed by atoms with Crippen LogP contribution in [0.3, 0.4) is 0 Å². The van der Waals surface area contributed by atoms with Crippen molar-refractivity contribution in [3.05, 3.63) is 59.7 Å². The molecule has 2 aromatic rings. The van der Waals surface area contributed by atoms with Gasteiger partial charge in [0.1, 0.15) is 0 Å². The summed E-state index contributed by atoms with van der Waals surface area (Å²) in [5.41, 5.74) is 1.21. The van der Waals surface area contributed by atoms with E-state index in [-0.39, 0.29) is 30.6 Å². The van der Waals surface area contributed by atoms with Crippen LogP contribution in [0.2, 0.25) is 0 Å². The zero-order chi connectivity index (χ0) is 24.0. The highest BCUT2D eigenvalue weighted by molar-refractivity contribution is 7.90. The molecule has 10 heteroatoms. The number of benzene rings is 2. The van der Waals surface area contributed by atoms with E-state index < -0.39 is 33.9 Å². The summed E-state index contributed by atoms with van der Waals surface area (Å²) in [6.45, 7) is 3.70. The molecule has 0 bridgehead atoms. The number of urea groups is 1. The number of hydrogen-bond acceptors (Lipinski definition) is 6. The molecule has 0 aromatic heterocycles. The van der Waals surface area contributed by atoms with E-state index >= 15 is 0 Å². The Bertz CT molecular complexity index is 1090. The van der Waals surface area contributed by atoms with Crippen LogP contribution < -0.4 is 20.1 Å². The maximum atomic E-state index is 12.7. The Labute approximate surface area is 193 Å². The highest BCUT2D eigenvalue weighted by Gasteiger charge is 2.26. The Morgan fingerprint density at radius 1 is 1.03 bits per heavy atom. The van der Waals surface area contributed by atoms with Crippen molar-refractivity contribution in [2.75, 3.05) is 12.5 Å². The standard InChI is InChI=1S/C23H28N2O7S/c1-15(2)19(13-33(29,30)12-16-6-4-3-5-7-16)25-23(28)24-18(11-22(26)27)17-8-9-20-21(10-17)32-14-31-20/h3-10,15,18-19H,11-14H2,1-2H3,(H,26,27)(H2,24,25,28)/t18?,19-/m1/s1. The van der Waals surface area contributed by atoms with E-state index in [2.05, 4.69) is 10.6 Å². The van der Waals surface area contributed by atoms with Crippen molar-refractivity contribution in [1.82, 2.24) is 10.6 Å². The Hall–Kier alpha value is -3.27. The number of hydrogen-bond donors (Lipinski definition) is 3. The van der Waals surface area contributed by atoms with Gasteiger partial charge >= 0.3 is 12.0 Å². The van der Waals surface area contributed by atoms with Crippen molar-refractivity contribution >= 4 is 21.8 Å². The maximum absolute atomic E-state index is 12.7. The second-order valence-electron chi connectivity index (χ2n) is 8.27. The normalized spacial score (nSPS) is 14.5. The molecule has 1 aliphatic heterocycles. The summed E-state index contributed by atoms with van der Waals surface area (Å²) in [4.78, 5) is 24.1. The highest BCUT2D eigenvalue weighted by Crippen LogP contribution is 2.34. The van der Waals surface area contributed by atoms with Gasteiger partial charge in [0.05, 0.1) is 24.0 Å².